The van der Waals surface area contributed by atoms with Crippen molar-refractivity contribution in [1.82, 2.24) is 0 Å². The van der Waals surface area contributed by atoms with E-state index in [1.165, 1.54) is 5.56 Å². The Morgan fingerprint density at radius 3 is 1.80 bits per heavy atom. The third-order valence-electron chi connectivity index (χ3n) is 2.12. The van der Waals surface area contributed by atoms with E-state index < -0.39 is 0 Å². The van der Waals surface area contributed by atoms with Crippen LogP contribution >= 0.6 is 12.4 Å². The average Bonchev–Trinajstić information content (AvgIpc) is 2.30. The standard InChI is InChI=1S/C13H9N.ClH/c14-10-11-6-8-13(9-7-11)12-4-2-1-3-5-12;/h1-9H;1H. The summed E-state index contributed by atoms with van der Waals surface area (Å²) >= 11 is 0. The van der Waals surface area contributed by atoms with Crippen molar-refractivity contribution in [3.05, 3.63) is 60.2 Å². The molecule has 0 fully saturated rings. The van der Waals surface area contributed by atoms with E-state index in [1.54, 1.807) is 0 Å². The molecule has 0 aliphatic rings. The highest BCUT2D eigenvalue weighted by Gasteiger charge is 1.95. The minimum Gasteiger partial charge on any atom is -0.192 e. The molecule has 0 radical (unpaired) electrons. The van der Waals surface area contributed by atoms with Crippen molar-refractivity contribution < 1.29 is 0 Å². The highest BCUT2D eigenvalue weighted by molar-refractivity contribution is 5.85. The maximum absolute atomic E-state index is 8.65. The van der Waals surface area contributed by atoms with Crippen molar-refractivity contribution in [2.75, 3.05) is 0 Å². The maximum Gasteiger partial charge on any atom is 0.0991 e. The predicted molar refractivity (Wildman–Crippen MR) is 63.8 cm³/mol. The smallest absolute Gasteiger partial charge is 0.0991 e. The first-order chi connectivity index (χ1) is 6.90. The molecule has 0 aliphatic heterocycles. The zero-order chi connectivity index (χ0) is 9.80. The van der Waals surface area contributed by atoms with Gasteiger partial charge in [-0.3, -0.25) is 0 Å². The normalized spacial score (nSPS) is 8.73. The molecule has 74 valence electrons. The zero-order valence-electron chi connectivity index (χ0n) is 8.05. The van der Waals surface area contributed by atoms with Crippen LogP contribution in [0.4, 0.5) is 0 Å². The first-order valence-corrected chi connectivity index (χ1v) is 4.46. The summed E-state index contributed by atoms with van der Waals surface area (Å²) in [6, 6.07) is 19.8. The molecule has 0 unspecified atom stereocenters. The van der Waals surface area contributed by atoms with Gasteiger partial charge in [-0.25, -0.2) is 0 Å². The van der Waals surface area contributed by atoms with Crippen molar-refractivity contribution in [2.24, 2.45) is 0 Å². The third-order valence-corrected chi connectivity index (χ3v) is 2.12. The van der Waals surface area contributed by atoms with Crippen molar-refractivity contribution in [3.8, 4) is 17.2 Å². The fourth-order valence-electron chi connectivity index (χ4n) is 1.37. The topological polar surface area (TPSA) is 23.8 Å². The Kier molecular flexibility index (Phi) is 3.91. The van der Waals surface area contributed by atoms with Gasteiger partial charge < -0.3 is 0 Å². The molecule has 0 aliphatic carbocycles. The van der Waals surface area contributed by atoms with Crippen LogP contribution in [0, 0.1) is 11.3 Å². The summed E-state index contributed by atoms with van der Waals surface area (Å²) < 4.78 is 0. The Labute approximate surface area is 95.4 Å². The van der Waals surface area contributed by atoms with Gasteiger partial charge in [0.25, 0.3) is 0 Å². The quantitative estimate of drug-likeness (QED) is 0.713. The number of nitrogens with zero attached hydrogens (tertiary/aromatic N) is 1. The van der Waals surface area contributed by atoms with Crippen LogP contribution in [-0.2, 0) is 0 Å². The minimum absolute atomic E-state index is 0. The SMILES string of the molecule is Cl.N#Cc1ccc(-c2ccccc2)cc1. The number of hydrogen-bond acceptors (Lipinski definition) is 1. The largest absolute Gasteiger partial charge is 0.192 e. The lowest BCUT2D eigenvalue weighted by Gasteiger charge is -1.99. The van der Waals surface area contributed by atoms with Gasteiger partial charge >= 0.3 is 0 Å². The van der Waals surface area contributed by atoms with E-state index >= 15 is 0 Å². The van der Waals surface area contributed by atoms with Crippen molar-refractivity contribution >= 4 is 12.4 Å². The third kappa shape index (κ3) is 2.59. The van der Waals surface area contributed by atoms with Gasteiger partial charge in [0.1, 0.15) is 0 Å². The summed E-state index contributed by atoms with van der Waals surface area (Å²) in [6.45, 7) is 0. The fourth-order valence-corrected chi connectivity index (χ4v) is 1.37. The Morgan fingerprint density at radius 1 is 0.733 bits per heavy atom. The highest BCUT2D eigenvalue weighted by Crippen LogP contribution is 2.18. The average molecular weight is 216 g/mol. The molecule has 0 bridgehead atoms. The second kappa shape index (κ2) is 5.19. The molecule has 2 aromatic rings. The molecule has 0 aromatic heterocycles. The summed E-state index contributed by atoms with van der Waals surface area (Å²) in [5, 5.41) is 8.65. The van der Waals surface area contributed by atoms with Crippen LogP contribution in [0.3, 0.4) is 0 Å². The van der Waals surface area contributed by atoms with Gasteiger partial charge in [0.05, 0.1) is 11.6 Å². The molecule has 1 nitrogen and oxygen atoms in total. The molecular weight excluding hydrogens is 206 g/mol. The molecule has 0 spiro atoms. The number of benzene rings is 2. The van der Waals surface area contributed by atoms with Crippen LogP contribution in [0.5, 0.6) is 0 Å². The van der Waals surface area contributed by atoms with Gasteiger partial charge in [-0.2, -0.15) is 5.26 Å². The Hall–Kier alpha value is -1.78. The maximum atomic E-state index is 8.65. The van der Waals surface area contributed by atoms with Gasteiger partial charge in [0.15, 0.2) is 0 Å². The van der Waals surface area contributed by atoms with E-state index in [-0.39, 0.29) is 12.4 Å². The van der Waals surface area contributed by atoms with Gasteiger partial charge in [-0.15, -0.1) is 12.4 Å². The van der Waals surface area contributed by atoms with Crippen LogP contribution in [0.2, 0.25) is 0 Å². The summed E-state index contributed by atoms with van der Waals surface area (Å²) in [4.78, 5) is 0. The van der Waals surface area contributed by atoms with Crippen molar-refractivity contribution in [2.45, 2.75) is 0 Å². The lowest BCUT2D eigenvalue weighted by Crippen LogP contribution is -1.77. The Balaban J connectivity index is 0.00000112. The van der Waals surface area contributed by atoms with E-state index in [1.807, 2.05) is 42.5 Å². The molecular formula is C13H10ClN. The van der Waals surface area contributed by atoms with Crippen LogP contribution in [0.1, 0.15) is 5.56 Å². The Bertz CT molecular complexity index is 454. The van der Waals surface area contributed by atoms with Gasteiger partial charge in [0, 0.05) is 0 Å². The molecule has 0 saturated heterocycles. The monoisotopic (exact) mass is 215 g/mol. The molecule has 2 heteroatoms. The number of hydrogen-bond donors (Lipinski definition) is 0. The van der Waals surface area contributed by atoms with E-state index in [2.05, 4.69) is 18.2 Å². The second-order valence-corrected chi connectivity index (χ2v) is 3.06. The van der Waals surface area contributed by atoms with Crippen LogP contribution in [0.15, 0.2) is 54.6 Å². The minimum atomic E-state index is 0. The zero-order valence-corrected chi connectivity index (χ0v) is 8.87. The molecule has 0 N–H and O–H groups in total. The molecule has 15 heavy (non-hydrogen) atoms. The first kappa shape index (κ1) is 11.3. The lowest BCUT2D eigenvalue weighted by molar-refractivity contribution is 1.48. The van der Waals surface area contributed by atoms with Gasteiger partial charge in [0.2, 0.25) is 0 Å². The summed E-state index contributed by atoms with van der Waals surface area (Å²) in [6.07, 6.45) is 0. The first-order valence-electron chi connectivity index (χ1n) is 4.46. The van der Waals surface area contributed by atoms with E-state index in [0.717, 1.165) is 5.56 Å². The molecule has 0 atom stereocenters. The van der Waals surface area contributed by atoms with Crippen molar-refractivity contribution in [3.63, 3.8) is 0 Å². The van der Waals surface area contributed by atoms with Crippen molar-refractivity contribution in [1.29, 1.82) is 5.26 Å². The highest BCUT2D eigenvalue weighted by atomic mass is 35.5. The molecule has 0 saturated carbocycles. The number of nitriles is 1. The van der Waals surface area contributed by atoms with Crippen LogP contribution < -0.4 is 0 Å². The molecule has 0 heterocycles. The van der Waals surface area contributed by atoms with E-state index in [0.29, 0.717) is 5.56 Å². The lowest BCUT2D eigenvalue weighted by atomic mass is 10.0. The summed E-state index contributed by atoms with van der Waals surface area (Å²) in [7, 11) is 0. The number of halogens is 1. The van der Waals surface area contributed by atoms with E-state index in [9.17, 15) is 0 Å². The fraction of sp³-hybridized carbons (Fsp3) is 0. The van der Waals surface area contributed by atoms with Gasteiger partial charge in [-0.1, -0.05) is 42.5 Å². The Morgan fingerprint density at radius 2 is 1.27 bits per heavy atom. The van der Waals surface area contributed by atoms with Gasteiger partial charge in [-0.05, 0) is 23.3 Å². The van der Waals surface area contributed by atoms with Crippen LogP contribution in [-0.4, -0.2) is 0 Å². The summed E-state index contributed by atoms with van der Waals surface area (Å²) in [5.74, 6) is 0. The molecule has 0 amide bonds. The number of rotatable bonds is 1. The molecule has 2 rings (SSSR count). The summed E-state index contributed by atoms with van der Waals surface area (Å²) in [5.41, 5.74) is 3.02. The van der Waals surface area contributed by atoms with E-state index in [4.69, 9.17) is 5.26 Å². The van der Waals surface area contributed by atoms with Crippen LogP contribution in [0.25, 0.3) is 11.1 Å². The molecule has 2 aromatic carbocycles. The predicted octanol–water partition coefficient (Wildman–Crippen LogP) is 3.65. The second-order valence-electron chi connectivity index (χ2n) is 3.06.